The van der Waals surface area contributed by atoms with E-state index in [-0.39, 0.29) is 0 Å². The van der Waals surface area contributed by atoms with Crippen LogP contribution in [0.3, 0.4) is 0 Å². The number of anilines is 1. The van der Waals surface area contributed by atoms with Crippen molar-refractivity contribution in [1.82, 2.24) is 19.6 Å². The maximum absolute atomic E-state index is 6.18. The van der Waals surface area contributed by atoms with E-state index in [2.05, 4.69) is 33.8 Å². The molecule has 0 aliphatic carbocycles. The Labute approximate surface area is 111 Å². The SMILES string of the molecule is Cc1c(Cl)nc2ncnn2c1N1CCC(C)(C)C1. The van der Waals surface area contributed by atoms with Gasteiger partial charge in [-0.15, -0.1) is 0 Å². The van der Waals surface area contributed by atoms with Crippen LogP contribution in [-0.2, 0) is 0 Å². The zero-order valence-electron chi connectivity index (χ0n) is 10.8. The van der Waals surface area contributed by atoms with Gasteiger partial charge in [0.2, 0.25) is 0 Å². The first kappa shape index (κ1) is 11.7. The van der Waals surface area contributed by atoms with Gasteiger partial charge in [0.1, 0.15) is 17.3 Å². The minimum absolute atomic E-state index is 0.328. The van der Waals surface area contributed by atoms with E-state index in [1.165, 1.54) is 12.7 Å². The summed E-state index contributed by atoms with van der Waals surface area (Å²) in [5, 5.41) is 4.77. The van der Waals surface area contributed by atoms with Crippen molar-refractivity contribution in [2.24, 2.45) is 5.41 Å². The van der Waals surface area contributed by atoms with Crippen molar-refractivity contribution >= 4 is 23.2 Å². The molecule has 3 heterocycles. The van der Waals surface area contributed by atoms with Crippen LogP contribution in [0.1, 0.15) is 25.8 Å². The van der Waals surface area contributed by atoms with Crippen LogP contribution < -0.4 is 4.90 Å². The third kappa shape index (κ3) is 1.73. The predicted molar refractivity (Wildman–Crippen MR) is 71.1 cm³/mol. The molecule has 5 nitrogen and oxygen atoms in total. The highest BCUT2D eigenvalue weighted by atomic mass is 35.5. The highest BCUT2D eigenvalue weighted by molar-refractivity contribution is 6.30. The average molecular weight is 266 g/mol. The van der Waals surface area contributed by atoms with Gasteiger partial charge in [0, 0.05) is 18.7 Å². The van der Waals surface area contributed by atoms with Gasteiger partial charge in [0.05, 0.1) is 0 Å². The number of hydrogen-bond acceptors (Lipinski definition) is 4. The second-order valence-electron chi connectivity index (χ2n) is 5.66. The van der Waals surface area contributed by atoms with E-state index >= 15 is 0 Å². The molecule has 0 spiro atoms. The number of aromatic nitrogens is 4. The molecule has 1 saturated heterocycles. The number of halogens is 1. The maximum atomic E-state index is 6.18. The molecule has 6 heteroatoms. The molecular weight excluding hydrogens is 250 g/mol. The van der Waals surface area contributed by atoms with Crippen LogP contribution in [0.2, 0.25) is 5.15 Å². The highest BCUT2D eigenvalue weighted by Crippen LogP contribution is 2.35. The number of fused-ring (bicyclic) bond motifs is 1. The van der Waals surface area contributed by atoms with Crippen LogP contribution in [0, 0.1) is 12.3 Å². The zero-order chi connectivity index (χ0) is 12.9. The number of rotatable bonds is 1. The first-order valence-corrected chi connectivity index (χ1v) is 6.46. The summed E-state index contributed by atoms with van der Waals surface area (Å²) in [6.45, 7) is 8.57. The van der Waals surface area contributed by atoms with Crippen LogP contribution in [0.4, 0.5) is 5.82 Å². The molecule has 0 bridgehead atoms. The van der Waals surface area contributed by atoms with E-state index in [9.17, 15) is 0 Å². The van der Waals surface area contributed by atoms with Gasteiger partial charge in [-0.1, -0.05) is 25.4 Å². The Balaban J connectivity index is 2.16. The Morgan fingerprint density at radius 2 is 2.17 bits per heavy atom. The zero-order valence-corrected chi connectivity index (χ0v) is 11.6. The van der Waals surface area contributed by atoms with Gasteiger partial charge in [-0.3, -0.25) is 0 Å². The van der Waals surface area contributed by atoms with Gasteiger partial charge in [-0.05, 0) is 18.8 Å². The topological polar surface area (TPSA) is 46.3 Å². The molecule has 0 amide bonds. The molecule has 0 saturated carbocycles. The summed E-state index contributed by atoms with van der Waals surface area (Å²) >= 11 is 6.18. The lowest BCUT2D eigenvalue weighted by atomic mass is 9.93. The lowest BCUT2D eigenvalue weighted by molar-refractivity contribution is 0.418. The van der Waals surface area contributed by atoms with Crippen molar-refractivity contribution in [2.75, 3.05) is 18.0 Å². The fourth-order valence-electron chi connectivity index (χ4n) is 2.55. The normalized spacial score (nSPS) is 18.8. The standard InChI is InChI=1S/C12H16ClN5/c1-8-9(13)16-11-14-7-15-18(11)10(8)17-5-4-12(2,3)6-17/h7H,4-6H2,1-3H3. The molecule has 2 aromatic rings. The lowest BCUT2D eigenvalue weighted by Gasteiger charge is -2.23. The minimum atomic E-state index is 0.328. The molecule has 2 aromatic heterocycles. The van der Waals surface area contributed by atoms with Gasteiger partial charge in [-0.25, -0.2) is 0 Å². The van der Waals surface area contributed by atoms with E-state index in [0.717, 1.165) is 24.5 Å². The van der Waals surface area contributed by atoms with Crippen molar-refractivity contribution < 1.29 is 0 Å². The number of nitrogens with zero attached hydrogens (tertiary/aromatic N) is 5. The molecule has 0 N–H and O–H groups in total. The Kier molecular flexibility index (Phi) is 2.48. The Bertz CT molecular complexity index is 604. The molecule has 18 heavy (non-hydrogen) atoms. The molecule has 3 rings (SSSR count). The van der Waals surface area contributed by atoms with Crippen molar-refractivity contribution in [3.63, 3.8) is 0 Å². The van der Waals surface area contributed by atoms with E-state index in [0.29, 0.717) is 16.3 Å². The van der Waals surface area contributed by atoms with Crippen LogP contribution in [0.25, 0.3) is 5.78 Å². The molecule has 1 aliphatic heterocycles. The predicted octanol–water partition coefficient (Wildman–Crippen LogP) is 2.32. The summed E-state index contributed by atoms with van der Waals surface area (Å²) in [7, 11) is 0. The first-order chi connectivity index (χ1) is 8.48. The van der Waals surface area contributed by atoms with Crippen molar-refractivity contribution in [1.29, 1.82) is 0 Å². The maximum Gasteiger partial charge on any atom is 0.255 e. The molecular formula is C12H16ClN5. The summed E-state index contributed by atoms with van der Waals surface area (Å²) in [6, 6.07) is 0. The van der Waals surface area contributed by atoms with Crippen molar-refractivity contribution in [2.45, 2.75) is 27.2 Å². The minimum Gasteiger partial charge on any atom is -0.356 e. The first-order valence-electron chi connectivity index (χ1n) is 6.09. The molecule has 0 radical (unpaired) electrons. The summed E-state index contributed by atoms with van der Waals surface area (Å²) in [5.74, 6) is 1.58. The van der Waals surface area contributed by atoms with Crippen molar-refractivity contribution in [3.8, 4) is 0 Å². The Hall–Kier alpha value is -1.36. The molecule has 1 aliphatic rings. The van der Waals surface area contributed by atoms with E-state index in [4.69, 9.17) is 11.6 Å². The molecule has 1 fully saturated rings. The second-order valence-corrected chi connectivity index (χ2v) is 6.02. The van der Waals surface area contributed by atoms with Gasteiger partial charge < -0.3 is 4.90 Å². The van der Waals surface area contributed by atoms with Crippen molar-refractivity contribution in [3.05, 3.63) is 17.0 Å². The third-order valence-corrected chi connectivity index (χ3v) is 3.92. The second kappa shape index (κ2) is 3.82. The summed E-state index contributed by atoms with van der Waals surface area (Å²) in [5.41, 5.74) is 1.29. The fourth-order valence-corrected chi connectivity index (χ4v) is 2.71. The van der Waals surface area contributed by atoms with Gasteiger partial charge in [0.25, 0.3) is 5.78 Å². The average Bonchev–Trinajstić information content (AvgIpc) is 2.86. The molecule has 0 unspecified atom stereocenters. The van der Waals surface area contributed by atoms with E-state index in [1.54, 1.807) is 4.52 Å². The van der Waals surface area contributed by atoms with Gasteiger partial charge >= 0.3 is 0 Å². The quantitative estimate of drug-likeness (QED) is 0.743. The summed E-state index contributed by atoms with van der Waals surface area (Å²) < 4.78 is 1.78. The molecule has 96 valence electrons. The van der Waals surface area contributed by atoms with Gasteiger partial charge in [0.15, 0.2) is 0 Å². The molecule has 0 atom stereocenters. The Morgan fingerprint density at radius 3 is 2.83 bits per heavy atom. The summed E-state index contributed by atoms with van der Waals surface area (Å²) in [4.78, 5) is 10.7. The van der Waals surface area contributed by atoms with Crippen LogP contribution in [0.15, 0.2) is 6.33 Å². The largest absolute Gasteiger partial charge is 0.356 e. The third-order valence-electron chi connectivity index (χ3n) is 3.55. The lowest BCUT2D eigenvalue weighted by Crippen LogP contribution is -2.26. The van der Waals surface area contributed by atoms with Gasteiger partial charge in [-0.2, -0.15) is 19.6 Å². The van der Waals surface area contributed by atoms with E-state index in [1.807, 2.05) is 6.92 Å². The number of hydrogen-bond donors (Lipinski definition) is 0. The van der Waals surface area contributed by atoms with Crippen LogP contribution >= 0.6 is 11.6 Å². The summed E-state index contributed by atoms with van der Waals surface area (Å²) in [6.07, 6.45) is 2.69. The van der Waals surface area contributed by atoms with Crippen LogP contribution in [-0.4, -0.2) is 32.7 Å². The van der Waals surface area contributed by atoms with Crippen LogP contribution in [0.5, 0.6) is 0 Å². The van der Waals surface area contributed by atoms with E-state index < -0.39 is 0 Å². The highest BCUT2D eigenvalue weighted by Gasteiger charge is 2.32. The fraction of sp³-hybridized carbons (Fsp3) is 0.583. The Morgan fingerprint density at radius 1 is 1.39 bits per heavy atom. The molecule has 0 aromatic carbocycles. The monoisotopic (exact) mass is 265 g/mol. The smallest absolute Gasteiger partial charge is 0.255 e.